The van der Waals surface area contributed by atoms with Gasteiger partial charge in [0.1, 0.15) is 5.65 Å². The van der Waals surface area contributed by atoms with E-state index in [0.29, 0.717) is 6.42 Å². The highest BCUT2D eigenvalue weighted by Gasteiger charge is 2.05. The second-order valence-corrected chi connectivity index (χ2v) is 3.32. The number of aliphatic hydroxyl groups excluding tert-OH is 1. The number of hydrogen-bond donors (Lipinski definition) is 2. The maximum absolute atomic E-state index is 8.87. The Morgan fingerprint density at radius 1 is 1.50 bits per heavy atom. The van der Waals surface area contributed by atoms with Crippen LogP contribution in [0.4, 0.5) is 0 Å². The third-order valence-corrected chi connectivity index (χ3v) is 2.22. The predicted molar refractivity (Wildman–Crippen MR) is 54.0 cm³/mol. The quantitative estimate of drug-likeness (QED) is 0.728. The molecule has 74 valence electrons. The van der Waals surface area contributed by atoms with Gasteiger partial charge in [-0.2, -0.15) is 0 Å². The number of pyridine rings is 1. The molecule has 0 saturated heterocycles. The molecule has 0 bridgehead atoms. The summed E-state index contributed by atoms with van der Waals surface area (Å²) in [6.45, 7) is 0.00504. The van der Waals surface area contributed by atoms with Gasteiger partial charge in [-0.1, -0.05) is 6.07 Å². The number of rotatable bonds is 3. The zero-order chi connectivity index (χ0) is 9.97. The molecule has 2 rings (SSSR count). The maximum Gasteiger partial charge on any atom is 0.136 e. The van der Waals surface area contributed by atoms with Gasteiger partial charge in [-0.15, -0.1) is 0 Å². The largest absolute Gasteiger partial charge is 0.395 e. The zero-order valence-corrected chi connectivity index (χ0v) is 7.80. The first-order valence-corrected chi connectivity index (χ1v) is 4.58. The lowest BCUT2D eigenvalue weighted by Gasteiger charge is -2.09. The van der Waals surface area contributed by atoms with E-state index >= 15 is 0 Å². The van der Waals surface area contributed by atoms with E-state index in [1.807, 2.05) is 28.8 Å². The number of aromatic nitrogens is 2. The highest BCUT2D eigenvalue weighted by molar-refractivity contribution is 5.39. The van der Waals surface area contributed by atoms with Crippen molar-refractivity contribution in [3.63, 3.8) is 0 Å². The average molecular weight is 191 g/mol. The monoisotopic (exact) mass is 191 g/mol. The SMILES string of the molecule is N[C@@H](CO)Cc1cccc2nccn12. The number of aliphatic hydroxyl groups is 1. The molecule has 0 aliphatic heterocycles. The highest BCUT2D eigenvalue weighted by Crippen LogP contribution is 2.07. The minimum atomic E-state index is -0.206. The molecule has 0 aliphatic carbocycles. The topological polar surface area (TPSA) is 63.5 Å². The Morgan fingerprint density at radius 3 is 3.14 bits per heavy atom. The third-order valence-electron chi connectivity index (χ3n) is 2.22. The van der Waals surface area contributed by atoms with Crippen LogP contribution in [0, 0.1) is 0 Å². The first-order chi connectivity index (χ1) is 6.81. The van der Waals surface area contributed by atoms with E-state index in [-0.39, 0.29) is 12.6 Å². The van der Waals surface area contributed by atoms with E-state index in [4.69, 9.17) is 10.8 Å². The molecule has 0 aromatic carbocycles. The molecule has 0 spiro atoms. The fourth-order valence-corrected chi connectivity index (χ4v) is 1.51. The van der Waals surface area contributed by atoms with Crippen LogP contribution in [-0.2, 0) is 6.42 Å². The van der Waals surface area contributed by atoms with E-state index in [1.54, 1.807) is 6.20 Å². The van der Waals surface area contributed by atoms with Gasteiger partial charge in [0.25, 0.3) is 0 Å². The molecular weight excluding hydrogens is 178 g/mol. The summed E-state index contributed by atoms with van der Waals surface area (Å²) in [5.74, 6) is 0. The predicted octanol–water partition coefficient (Wildman–Crippen LogP) is 0.196. The number of hydrogen-bond acceptors (Lipinski definition) is 3. The van der Waals surface area contributed by atoms with Crippen LogP contribution in [0.5, 0.6) is 0 Å². The molecule has 2 heterocycles. The summed E-state index contributed by atoms with van der Waals surface area (Å²) in [5.41, 5.74) is 7.66. The van der Waals surface area contributed by atoms with Gasteiger partial charge in [0.15, 0.2) is 0 Å². The summed E-state index contributed by atoms with van der Waals surface area (Å²) in [6, 6.07) is 5.67. The Kier molecular flexibility index (Phi) is 2.47. The fraction of sp³-hybridized carbons (Fsp3) is 0.300. The first kappa shape index (κ1) is 9.18. The number of imidazole rings is 1. The Hall–Kier alpha value is -1.39. The van der Waals surface area contributed by atoms with Crippen LogP contribution in [-0.4, -0.2) is 27.1 Å². The van der Waals surface area contributed by atoms with Crippen molar-refractivity contribution in [2.45, 2.75) is 12.5 Å². The summed E-state index contributed by atoms with van der Waals surface area (Å²) in [7, 11) is 0. The second kappa shape index (κ2) is 3.77. The van der Waals surface area contributed by atoms with E-state index in [9.17, 15) is 0 Å². The number of nitrogens with zero attached hydrogens (tertiary/aromatic N) is 2. The minimum absolute atomic E-state index is 0.00504. The summed E-state index contributed by atoms with van der Waals surface area (Å²) in [6.07, 6.45) is 4.31. The van der Waals surface area contributed by atoms with Crippen molar-refractivity contribution >= 4 is 5.65 Å². The van der Waals surface area contributed by atoms with Gasteiger partial charge in [0.05, 0.1) is 6.61 Å². The Balaban J connectivity index is 2.36. The smallest absolute Gasteiger partial charge is 0.136 e. The molecule has 4 nitrogen and oxygen atoms in total. The van der Waals surface area contributed by atoms with Crippen molar-refractivity contribution in [3.8, 4) is 0 Å². The lowest BCUT2D eigenvalue weighted by Crippen LogP contribution is -2.27. The van der Waals surface area contributed by atoms with Gasteiger partial charge in [0.2, 0.25) is 0 Å². The number of fused-ring (bicyclic) bond motifs is 1. The summed E-state index contributed by atoms with van der Waals surface area (Å²) < 4.78 is 1.98. The molecular formula is C10H13N3O. The summed E-state index contributed by atoms with van der Waals surface area (Å²) in [5, 5.41) is 8.87. The Labute approximate surface area is 82.0 Å². The standard InChI is InChI=1S/C10H13N3O/c11-8(7-14)6-9-2-1-3-10-12-4-5-13(9)10/h1-5,8,14H,6-7,11H2/t8-/m1/s1. The molecule has 0 saturated carbocycles. The highest BCUT2D eigenvalue weighted by atomic mass is 16.3. The molecule has 0 radical (unpaired) electrons. The van der Waals surface area contributed by atoms with Crippen LogP contribution in [0.2, 0.25) is 0 Å². The van der Waals surface area contributed by atoms with Crippen LogP contribution in [0.25, 0.3) is 5.65 Å². The van der Waals surface area contributed by atoms with E-state index in [1.165, 1.54) is 0 Å². The Bertz CT molecular complexity index is 424. The van der Waals surface area contributed by atoms with Crippen molar-refractivity contribution in [2.24, 2.45) is 5.73 Å². The maximum atomic E-state index is 8.87. The molecule has 4 heteroatoms. The molecule has 2 aromatic heterocycles. The first-order valence-electron chi connectivity index (χ1n) is 4.58. The molecule has 2 aromatic rings. The summed E-state index contributed by atoms with van der Waals surface area (Å²) >= 11 is 0. The van der Waals surface area contributed by atoms with Crippen molar-refractivity contribution in [2.75, 3.05) is 6.61 Å². The van der Waals surface area contributed by atoms with E-state index in [0.717, 1.165) is 11.3 Å². The van der Waals surface area contributed by atoms with Gasteiger partial charge in [0, 0.05) is 30.6 Å². The molecule has 3 N–H and O–H groups in total. The summed E-state index contributed by atoms with van der Waals surface area (Å²) in [4.78, 5) is 4.17. The number of nitrogens with two attached hydrogens (primary N) is 1. The van der Waals surface area contributed by atoms with Crippen molar-refractivity contribution in [1.29, 1.82) is 0 Å². The molecule has 1 atom stereocenters. The lowest BCUT2D eigenvalue weighted by atomic mass is 10.1. The van der Waals surface area contributed by atoms with Gasteiger partial charge in [-0.3, -0.25) is 0 Å². The van der Waals surface area contributed by atoms with Crippen LogP contribution in [0.15, 0.2) is 30.6 Å². The zero-order valence-electron chi connectivity index (χ0n) is 7.80. The van der Waals surface area contributed by atoms with Crippen molar-refractivity contribution in [3.05, 3.63) is 36.3 Å². The normalized spacial score (nSPS) is 13.3. The Morgan fingerprint density at radius 2 is 2.36 bits per heavy atom. The van der Waals surface area contributed by atoms with Gasteiger partial charge < -0.3 is 15.2 Å². The molecule has 0 fully saturated rings. The van der Waals surface area contributed by atoms with Crippen LogP contribution in [0.1, 0.15) is 5.69 Å². The van der Waals surface area contributed by atoms with Crippen LogP contribution in [0.3, 0.4) is 0 Å². The molecule has 0 aliphatic rings. The molecule has 0 unspecified atom stereocenters. The van der Waals surface area contributed by atoms with Gasteiger partial charge in [-0.25, -0.2) is 4.98 Å². The minimum Gasteiger partial charge on any atom is -0.395 e. The van der Waals surface area contributed by atoms with Crippen LogP contribution < -0.4 is 5.73 Å². The second-order valence-electron chi connectivity index (χ2n) is 3.32. The molecule has 0 amide bonds. The third kappa shape index (κ3) is 1.62. The fourth-order valence-electron chi connectivity index (χ4n) is 1.51. The van der Waals surface area contributed by atoms with E-state index < -0.39 is 0 Å². The molecule has 14 heavy (non-hydrogen) atoms. The van der Waals surface area contributed by atoms with Crippen molar-refractivity contribution in [1.82, 2.24) is 9.38 Å². The van der Waals surface area contributed by atoms with Gasteiger partial charge >= 0.3 is 0 Å². The lowest BCUT2D eigenvalue weighted by molar-refractivity contribution is 0.264. The van der Waals surface area contributed by atoms with Crippen LogP contribution >= 0.6 is 0 Å². The van der Waals surface area contributed by atoms with E-state index in [2.05, 4.69) is 4.98 Å². The van der Waals surface area contributed by atoms with Gasteiger partial charge in [-0.05, 0) is 12.1 Å². The average Bonchev–Trinajstić information content (AvgIpc) is 2.66. The van der Waals surface area contributed by atoms with Crippen molar-refractivity contribution < 1.29 is 5.11 Å².